The lowest BCUT2D eigenvalue weighted by molar-refractivity contribution is -0.137. The number of aromatic hydroxyl groups is 1. The van der Waals surface area contributed by atoms with E-state index >= 15 is 0 Å². The van der Waals surface area contributed by atoms with Crippen LogP contribution in [0.4, 0.5) is 0 Å². The fourth-order valence-electron chi connectivity index (χ4n) is 2.37. The number of hydrogen-bond acceptors (Lipinski definition) is 4. The summed E-state index contributed by atoms with van der Waals surface area (Å²) in [6, 6.07) is 13.4. The van der Waals surface area contributed by atoms with Gasteiger partial charge in [0.2, 0.25) is 0 Å². The van der Waals surface area contributed by atoms with E-state index in [1.54, 1.807) is 48.6 Å². The quantitative estimate of drug-likeness (QED) is 0.769. The molecular weight excluding hydrogens is 308 g/mol. The molecule has 2 aromatic carbocycles. The van der Waals surface area contributed by atoms with Crippen molar-refractivity contribution in [1.29, 1.82) is 0 Å². The second-order valence-electron chi connectivity index (χ2n) is 5.20. The van der Waals surface area contributed by atoms with Gasteiger partial charge in [0, 0.05) is 0 Å². The van der Waals surface area contributed by atoms with Crippen LogP contribution in [0, 0.1) is 0 Å². The van der Waals surface area contributed by atoms with E-state index in [2.05, 4.69) is 4.98 Å². The lowest BCUT2D eigenvalue weighted by Crippen LogP contribution is -2.27. The summed E-state index contributed by atoms with van der Waals surface area (Å²) >= 11 is 0. The number of carboxylic acids is 1. The average Bonchev–Trinajstić information content (AvgIpc) is 2.57. The highest BCUT2D eigenvalue weighted by molar-refractivity contribution is 5.79. The first-order valence-electron chi connectivity index (χ1n) is 7.23. The maximum absolute atomic E-state index is 12.5. The second kappa shape index (κ2) is 6.37. The summed E-state index contributed by atoms with van der Waals surface area (Å²) in [5.74, 6) is -0.943. The van der Waals surface area contributed by atoms with E-state index in [1.807, 2.05) is 0 Å². The molecule has 0 bridgehead atoms. The van der Waals surface area contributed by atoms with Crippen LogP contribution in [0.1, 0.15) is 11.3 Å². The van der Waals surface area contributed by atoms with Gasteiger partial charge in [0.15, 0.2) is 0 Å². The molecule has 3 aromatic rings. The second-order valence-corrected chi connectivity index (χ2v) is 5.20. The van der Waals surface area contributed by atoms with Gasteiger partial charge in [-0.2, -0.15) is 0 Å². The first kappa shape index (κ1) is 15.5. The van der Waals surface area contributed by atoms with Crippen molar-refractivity contribution in [3.63, 3.8) is 0 Å². The molecule has 0 saturated carbocycles. The number of rotatable bonds is 4. The maximum atomic E-state index is 12.5. The van der Waals surface area contributed by atoms with Gasteiger partial charge in [0.25, 0.3) is 5.56 Å². The summed E-state index contributed by atoms with van der Waals surface area (Å²) in [7, 11) is 0. The Bertz CT molecular complexity index is 988. The molecule has 1 heterocycles. The minimum absolute atomic E-state index is 0.153. The summed E-state index contributed by atoms with van der Waals surface area (Å²) in [4.78, 5) is 27.9. The van der Waals surface area contributed by atoms with Crippen molar-refractivity contribution in [2.24, 2.45) is 0 Å². The Balaban J connectivity index is 2.10. The van der Waals surface area contributed by atoms with Crippen LogP contribution >= 0.6 is 0 Å². The number of aromatic nitrogens is 2. The van der Waals surface area contributed by atoms with Gasteiger partial charge in [-0.15, -0.1) is 0 Å². The number of carbonyl (C=O) groups is 1. The van der Waals surface area contributed by atoms with Crippen molar-refractivity contribution in [1.82, 2.24) is 9.55 Å². The van der Waals surface area contributed by atoms with Crippen molar-refractivity contribution in [2.45, 2.75) is 6.54 Å². The molecule has 0 amide bonds. The van der Waals surface area contributed by atoms with Gasteiger partial charge in [-0.05, 0) is 35.9 Å². The Morgan fingerprint density at radius 3 is 2.50 bits per heavy atom. The van der Waals surface area contributed by atoms with Crippen LogP contribution < -0.4 is 5.56 Å². The molecule has 2 N–H and O–H groups in total. The molecule has 0 atom stereocenters. The Kier molecular flexibility index (Phi) is 4.11. The highest BCUT2D eigenvalue weighted by Gasteiger charge is 2.11. The molecule has 6 heteroatoms. The van der Waals surface area contributed by atoms with Crippen LogP contribution in [0.2, 0.25) is 0 Å². The van der Waals surface area contributed by atoms with Crippen LogP contribution in [0.5, 0.6) is 5.75 Å². The van der Waals surface area contributed by atoms with E-state index in [0.717, 1.165) is 5.56 Å². The molecule has 0 aliphatic rings. The predicted octanol–water partition coefficient (Wildman–Crippen LogP) is 2.36. The van der Waals surface area contributed by atoms with Crippen molar-refractivity contribution in [3.8, 4) is 5.75 Å². The standard InChI is InChI=1S/C18H14N2O4/c21-13-8-5-12(6-9-13)7-10-15-18(24)20(11-17(22)23)16-4-2-1-3-14(16)19-15/h1-10,21H,11H2,(H,22,23)/b10-7+. The first-order chi connectivity index (χ1) is 11.5. The molecule has 1 aromatic heterocycles. The smallest absolute Gasteiger partial charge is 0.323 e. The molecule has 0 radical (unpaired) electrons. The van der Waals surface area contributed by atoms with Gasteiger partial charge in [0.05, 0.1) is 11.0 Å². The van der Waals surface area contributed by atoms with Gasteiger partial charge >= 0.3 is 5.97 Å². The molecule has 0 aliphatic carbocycles. The zero-order chi connectivity index (χ0) is 17.1. The molecule has 120 valence electrons. The minimum Gasteiger partial charge on any atom is -0.508 e. The van der Waals surface area contributed by atoms with Crippen LogP contribution in [0.15, 0.2) is 53.3 Å². The molecule has 0 spiro atoms. The number of hydrogen-bond donors (Lipinski definition) is 2. The van der Waals surface area contributed by atoms with Gasteiger partial charge in [-0.3, -0.25) is 14.2 Å². The zero-order valence-electron chi connectivity index (χ0n) is 12.6. The summed E-state index contributed by atoms with van der Waals surface area (Å²) in [6.07, 6.45) is 3.22. The summed E-state index contributed by atoms with van der Waals surface area (Å²) in [5, 5.41) is 18.3. The molecule has 6 nitrogen and oxygen atoms in total. The SMILES string of the molecule is O=C(O)Cn1c(=O)c(/C=C/c2ccc(O)cc2)nc2ccccc21. The maximum Gasteiger partial charge on any atom is 0.323 e. The fraction of sp³-hybridized carbons (Fsp3) is 0.0556. The monoisotopic (exact) mass is 322 g/mol. The van der Waals surface area contributed by atoms with Crippen LogP contribution in [0.3, 0.4) is 0 Å². The third-order valence-corrected chi connectivity index (χ3v) is 3.50. The largest absolute Gasteiger partial charge is 0.508 e. The summed E-state index contributed by atoms with van der Waals surface area (Å²) < 4.78 is 1.20. The summed E-state index contributed by atoms with van der Waals surface area (Å²) in [5.41, 5.74) is 1.50. The van der Waals surface area contributed by atoms with Gasteiger partial charge < -0.3 is 10.2 Å². The van der Waals surface area contributed by atoms with Crippen molar-refractivity contribution in [2.75, 3.05) is 0 Å². The molecule has 0 unspecified atom stereocenters. The number of phenols is 1. The van der Waals surface area contributed by atoms with Crippen LogP contribution in [0.25, 0.3) is 23.2 Å². The fourth-order valence-corrected chi connectivity index (χ4v) is 2.37. The molecule has 3 rings (SSSR count). The highest BCUT2D eigenvalue weighted by atomic mass is 16.4. The van der Waals surface area contributed by atoms with E-state index in [-0.39, 0.29) is 11.4 Å². The number of aliphatic carboxylic acids is 1. The lowest BCUT2D eigenvalue weighted by Gasteiger charge is -2.08. The Hall–Kier alpha value is -3.41. The van der Waals surface area contributed by atoms with Gasteiger partial charge in [-0.25, -0.2) is 4.98 Å². The Labute approximate surface area is 137 Å². The van der Waals surface area contributed by atoms with Crippen molar-refractivity contribution < 1.29 is 15.0 Å². The molecule has 24 heavy (non-hydrogen) atoms. The normalized spacial score (nSPS) is 11.2. The molecule has 0 saturated heterocycles. The number of nitrogens with zero attached hydrogens (tertiary/aromatic N) is 2. The van der Waals surface area contributed by atoms with E-state index < -0.39 is 18.1 Å². The first-order valence-corrected chi connectivity index (χ1v) is 7.23. The van der Waals surface area contributed by atoms with Crippen LogP contribution in [-0.4, -0.2) is 25.7 Å². The number of benzene rings is 2. The Morgan fingerprint density at radius 2 is 1.79 bits per heavy atom. The van der Waals surface area contributed by atoms with Crippen molar-refractivity contribution >= 4 is 29.2 Å². The highest BCUT2D eigenvalue weighted by Crippen LogP contribution is 2.13. The van der Waals surface area contributed by atoms with Gasteiger partial charge in [0.1, 0.15) is 18.0 Å². The molecular formula is C18H14N2O4. The average molecular weight is 322 g/mol. The molecule has 0 fully saturated rings. The van der Waals surface area contributed by atoms with Crippen LogP contribution in [-0.2, 0) is 11.3 Å². The van der Waals surface area contributed by atoms with E-state index in [1.165, 1.54) is 16.7 Å². The zero-order valence-corrected chi connectivity index (χ0v) is 12.6. The summed E-state index contributed by atoms with van der Waals surface area (Å²) in [6.45, 7) is -0.429. The third kappa shape index (κ3) is 3.17. The van der Waals surface area contributed by atoms with Crippen molar-refractivity contribution in [3.05, 3.63) is 70.1 Å². The number of fused-ring (bicyclic) bond motifs is 1. The van der Waals surface area contributed by atoms with E-state index in [0.29, 0.717) is 11.0 Å². The lowest BCUT2D eigenvalue weighted by atomic mass is 10.2. The molecule has 0 aliphatic heterocycles. The van der Waals surface area contributed by atoms with Gasteiger partial charge in [-0.1, -0.05) is 30.3 Å². The van der Waals surface area contributed by atoms with E-state index in [9.17, 15) is 14.7 Å². The number of phenolic OH excluding ortho intramolecular Hbond substituents is 1. The number of carboxylic acid groups (broad SMARTS) is 1. The minimum atomic E-state index is -1.10. The predicted molar refractivity (Wildman–Crippen MR) is 90.7 cm³/mol. The third-order valence-electron chi connectivity index (χ3n) is 3.50. The Morgan fingerprint density at radius 1 is 1.08 bits per heavy atom. The van der Waals surface area contributed by atoms with E-state index in [4.69, 9.17) is 5.11 Å². The number of para-hydroxylation sites is 2. The topological polar surface area (TPSA) is 92.4 Å².